The van der Waals surface area contributed by atoms with Crippen molar-refractivity contribution in [3.63, 3.8) is 0 Å². The molecule has 3 heteroatoms. The van der Waals surface area contributed by atoms with Crippen LogP contribution in [0, 0.1) is 5.82 Å². The Labute approximate surface area is 112 Å². The Morgan fingerprint density at radius 3 is 2.59 bits per heavy atom. The van der Waals surface area contributed by atoms with Crippen molar-refractivity contribution in [3.05, 3.63) is 35.6 Å². The highest BCUT2D eigenvalue weighted by molar-refractivity contribution is 9.09. The average molecular weight is 302 g/mol. The Kier molecular flexibility index (Phi) is 6.75. The molecular weight excluding hydrogens is 281 g/mol. The zero-order valence-electron chi connectivity index (χ0n) is 10.6. The quantitative estimate of drug-likeness (QED) is 0.533. The van der Waals surface area contributed by atoms with Crippen molar-refractivity contribution in [2.24, 2.45) is 0 Å². The Hall–Kier alpha value is -0.410. The number of benzene rings is 1. The third kappa shape index (κ3) is 4.76. The molecule has 0 fully saturated rings. The average Bonchev–Trinajstić information content (AvgIpc) is 2.34. The maximum Gasteiger partial charge on any atom is 0.127 e. The summed E-state index contributed by atoms with van der Waals surface area (Å²) in [6.45, 7) is 3.07. The van der Waals surface area contributed by atoms with E-state index < -0.39 is 0 Å². The normalized spacial score (nSPS) is 13.0. The van der Waals surface area contributed by atoms with Crippen LogP contribution in [0.2, 0.25) is 0 Å². The first-order chi connectivity index (χ1) is 8.16. The standard InChI is InChI=1S/C14H21BrFN/c1-12(13-8-4-5-9-14(13)16)17(2)11-7-3-6-10-15/h4-5,8-9,12H,3,6-7,10-11H2,1-2H3. The fraction of sp³-hybridized carbons (Fsp3) is 0.571. The number of alkyl halides is 1. The number of halogens is 2. The fourth-order valence-electron chi connectivity index (χ4n) is 1.88. The highest BCUT2D eigenvalue weighted by atomic mass is 79.9. The molecule has 0 N–H and O–H groups in total. The lowest BCUT2D eigenvalue weighted by Gasteiger charge is -2.25. The second kappa shape index (κ2) is 7.83. The van der Waals surface area contributed by atoms with Gasteiger partial charge in [-0.2, -0.15) is 0 Å². The summed E-state index contributed by atoms with van der Waals surface area (Å²) in [7, 11) is 2.06. The zero-order chi connectivity index (χ0) is 12.7. The van der Waals surface area contributed by atoms with Gasteiger partial charge in [-0.3, -0.25) is 4.90 Å². The molecule has 1 aromatic rings. The van der Waals surface area contributed by atoms with Gasteiger partial charge in [0.25, 0.3) is 0 Å². The Morgan fingerprint density at radius 1 is 1.24 bits per heavy atom. The van der Waals surface area contributed by atoms with E-state index in [2.05, 4.69) is 34.8 Å². The zero-order valence-corrected chi connectivity index (χ0v) is 12.2. The highest BCUT2D eigenvalue weighted by Crippen LogP contribution is 2.21. The lowest BCUT2D eigenvalue weighted by atomic mass is 10.1. The van der Waals surface area contributed by atoms with Gasteiger partial charge in [0.1, 0.15) is 5.82 Å². The van der Waals surface area contributed by atoms with Gasteiger partial charge < -0.3 is 0 Å². The first-order valence-corrected chi connectivity index (χ1v) is 7.29. The van der Waals surface area contributed by atoms with Gasteiger partial charge in [-0.15, -0.1) is 0 Å². The van der Waals surface area contributed by atoms with Gasteiger partial charge in [-0.1, -0.05) is 40.5 Å². The van der Waals surface area contributed by atoms with Crippen LogP contribution >= 0.6 is 15.9 Å². The smallest absolute Gasteiger partial charge is 0.127 e. The van der Waals surface area contributed by atoms with Crippen LogP contribution in [0.15, 0.2) is 24.3 Å². The summed E-state index contributed by atoms with van der Waals surface area (Å²) in [4.78, 5) is 2.21. The third-order valence-electron chi connectivity index (χ3n) is 3.16. The maximum atomic E-state index is 13.6. The van der Waals surface area contributed by atoms with Gasteiger partial charge in [0, 0.05) is 16.9 Å². The minimum atomic E-state index is -0.104. The van der Waals surface area contributed by atoms with Crippen molar-refractivity contribution in [1.82, 2.24) is 4.90 Å². The van der Waals surface area contributed by atoms with Crippen molar-refractivity contribution in [1.29, 1.82) is 0 Å². The number of unbranched alkanes of at least 4 members (excludes halogenated alkanes) is 2. The van der Waals surface area contributed by atoms with E-state index in [1.54, 1.807) is 6.07 Å². The second-order valence-corrected chi connectivity index (χ2v) is 5.22. The summed E-state index contributed by atoms with van der Waals surface area (Å²) < 4.78 is 13.6. The first kappa shape index (κ1) is 14.7. The molecule has 0 heterocycles. The first-order valence-electron chi connectivity index (χ1n) is 6.17. The molecule has 1 aromatic carbocycles. The Balaban J connectivity index is 2.46. The summed E-state index contributed by atoms with van der Waals surface area (Å²) in [6, 6.07) is 7.18. The molecule has 0 aromatic heterocycles. The largest absolute Gasteiger partial charge is 0.300 e. The molecule has 0 aliphatic rings. The van der Waals surface area contributed by atoms with E-state index in [0.29, 0.717) is 0 Å². The van der Waals surface area contributed by atoms with Crippen LogP contribution in [0.4, 0.5) is 4.39 Å². The second-order valence-electron chi connectivity index (χ2n) is 4.43. The van der Waals surface area contributed by atoms with E-state index in [0.717, 1.165) is 17.4 Å². The van der Waals surface area contributed by atoms with Crippen molar-refractivity contribution in [3.8, 4) is 0 Å². The van der Waals surface area contributed by atoms with E-state index in [-0.39, 0.29) is 11.9 Å². The van der Waals surface area contributed by atoms with Crippen LogP contribution in [-0.2, 0) is 0 Å². The molecule has 1 nitrogen and oxygen atoms in total. The molecule has 1 atom stereocenters. The van der Waals surface area contributed by atoms with Crippen molar-refractivity contribution < 1.29 is 4.39 Å². The van der Waals surface area contributed by atoms with Crippen molar-refractivity contribution in [2.45, 2.75) is 32.2 Å². The predicted molar refractivity (Wildman–Crippen MR) is 75.1 cm³/mol. The lowest BCUT2D eigenvalue weighted by molar-refractivity contribution is 0.251. The number of nitrogens with zero attached hydrogens (tertiary/aromatic N) is 1. The van der Waals surface area contributed by atoms with E-state index in [4.69, 9.17) is 0 Å². The molecule has 1 rings (SSSR count). The van der Waals surface area contributed by atoms with E-state index >= 15 is 0 Å². The van der Waals surface area contributed by atoms with Gasteiger partial charge in [-0.05, 0) is 39.4 Å². The topological polar surface area (TPSA) is 3.24 Å². The molecule has 96 valence electrons. The number of hydrogen-bond acceptors (Lipinski definition) is 1. The van der Waals surface area contributed by atoms with E-state index in [1.807, 2.05) is 12.1 Å². The maximum absolute atomic E-state index is 13.6. The summed E-state index contributed by atoms with van der Waals surface area (Å²) in [5.74, 6) is -0.104. The minimum absolute atomic E-state index is 0.104. The molecule has 0 spiro atoms. The molecule has 0 bridgehead atoms. The molecule has 0 amide bonds. The van der Waals surface area contributed by atoms with Crippen LogP contribution in [-0.4, -0.2) is 23.8 Å². The molecule has 0 aliphatic heterocycles. The van der Waals surface area contributed by atoms with Crippen LogP contribution in [0.3, 0.4) is 0 Å². The van der Waals surface area contributed by atoms with Gasteiger partial charge >= 0.3 is 0 Å². The van der Waals surface area contributed by atoms with Gasteiger partial charge in [-0.25, -0.2) is 4.39 Å². The van der Waals surface area contributed by atoms with Crippen LogP contribution in [0.5, 0.6) is 0 Å². The van der Waals surface area contributed by atoms with Crippen LogP contribution in [0.1, 0.15) is 37.8 Å². The van der Waals surface area contributed by atoms with Gasteiger partial charge in [0.15, 0.2) is 0 Å². The lowest BCUT2D eigenvalue weighted by Crippen LogP contribution is -2.24. The predicted octanol–water partition coefficient (Wildman–Crippen LogP) is 4.38. The van der Waals surface area contributed by atoms with E-state index in [1.165, 1.54) is 25.3 Å². The van der Waals surface area contributed by atoms with Crippen molar-refractivity contribution >= 4 is 15.9 Å². The third-order valence-corrected chi connectivity index (χ3v) is 3.72. The number of hydrogen-bond donors (Lipinski definition) is 0. The molecule has 0 aliphatic carbocycles. The molecule has 0 saturated heterocycles. The summed E-state index contributed by atoms with van der Waals surface area (Å²) >= 11 is 3.43. The molecule has 17 heavy (non-hydrogen) atoms. The van der Waals surface area contributed by atoms with E-state index in [9.17, 15) is 4.39 Å². The minimum Gasteiger partial charge on any atom is -0.300 e. The van der Waals surface area contributed by atoms with Gasteiger partial charge in [0.05, 0.1) is 0 Å². The van der Waals surface area contributed by atoms with Crippen LogP contribution in [0.25, 0.3) is 0 Å². The Morgan fingerprint density at radius 2 is 1.94 bits per heavy atom. The summed E-state index contributed by atoms with van der Waals surface area (Å²) in [6.07, 6.45) is 3.60. The van der Waals surface area contributed by atoms with Gasteiger partial charge in [0.2, 0.25) is 0 Å². The molecule has 1 unspecified atom stereocenters. The molecule has 0 saturated carbocycles. The molecular formula is C14H21BrFN. The Bertz CT molecular complexity index is 330. The van der Waals surface area contributed by atoms with Crippen LogP contribution < -0.4 is 0 Å². The summed E-state index contributed by atoms with van der Waals surface area (Å²) in [5, 5.41) is 1.07. The fourth-order valence-corrected chi connectivity index (χ4v) is 2.27. The summed E-state index contributed by atoms with van der Waals surface area (Å²) in [5.41, 5.74) is 0.787. The SMILES string of the molecule is CC(c1ccccc1F)N(C)CCCCCBr. The molecule has 0 radical (unpaired) electrons. The highest BCUT2D eigenvalue weighted by Gasteiger charge is 2.14. The monoisotopic (exact) mass is 301 g/mol. The number of rotatable bonds is 7. The van der Waals surface area contributed by atoms with Crippen molar-refractivity contribution in [2.75, 3.05) is 18.9 Å².